The van der Waals surface area contributed by atoms with Crippen LogP contribution < -0.4 is 5.56 Å². The second-order valence-electron chi connectivity index (χ2n) is 2.82. The predicted molar refractivity (Wildman–Crippen MR) is 54.5 cm³/mol. The number of hydrogen-bond acceptors (Lipinski definition) is 3. The molecule has 0 unspecified atom stereocenters. The molecule has 0 radical (unpaired) electrons. The Balaban J connectivity index is 2.91. The van der Waals surface area contributed by atoms with Gasteiger partial charge in [-0.05, 0) is 19.1 Å². The van der Waals surface area contributed by atoms with E-state index in [1.54, 1.807) is 12.1 Å². The lowest BCUT2D eigenvalue weighted by molar-refractivity contribution is 0.743. The van der Waals surface area contributed by atoms with Crippen molar-refractivity contribution in [2.24, 2.45) is 0 Å². The highest BCUT2D eigenvalue weighted by atomic mass is 35.5. The van der Waals surface area contributed by atoms with Gasteiger partial charge < -0.3 is 0 Å². The molecule has 0 aliphatic heterocycles. The predicted octanol–water partition coefficient (Wildman–Crippen LogP) is 1.46. The number of halogens is 1. The van der Waals surface area contributed by atoms with Crippen LogP contribution in [0.1, 0.15) is 6.92 Å². The molecular weight excluding hydrogens is 202 g/mol. The number of aryl methyl sites for hydroxylation is 1. The van der Waals surface area contributed by atoms with Gasteiger partial charge in [0.1, 0.15) is 10.7 Å². The summed E-state index contributed by atoms with van der Waals surface area (Å²) in [5, 5.41) is 0.368. The largest absolute Gasteiger partial charge is 0.290 e. The van der Waals surface area contributed by atoms with E-state index in [4.69, 9.17) is 11.6 Å². The molecule has 0 saturated carbocycles. The molecule has 72 valence electrons. The second-order valence-corrected chi connectivity index (χ2v) is 3.20. The van der Waals surface area contributed by atoms with Crippen molar-refractivity contribution in [1.29, 1.82) is 0 Å². The van der Waals surface area contributed by atoms with Gasteiger partial charge in [-0.15, -0.1) is 0 Å². The van der Waals surface area contributed by atoms with Crippen LogP contribution in [0.2, 0.25) is 5.15 Å². The van der Waals surface area contributed by atoms with E-state index < -0.39 is 0 Å². The average molecular weight is 210 g/mol. The first kappa shape index (κ1) is 9.15. The molecule has 0 atom stereocenters. The summed E-state index contributed by atoms with van der Waals surface area (Å²) in [7, 11) is 0. The van der Waals surface area contributed by atoms with Crippen LogP contribution in [0.4, 0.5) is 0 Å². The third-order valence-corrected chi connectivity index (χ3v) is 2.18. The van der Waals surface area contributed by atoms with Crippen LogP contribution in [-0.4, -0.2) is 14.5 Å². The summed E-state index contributed by atoms with van der Waals surface area (Å²) in [5.74, 6) is 0. The Hall–Kier alpha value is -1.42. The van der Waals surface area contributed by atoms with Crippen molar-refractivity contribution in [3.05, 3.63) is 33.8 Å². The number of hydrogen-bond donors (Lipinski definition) is 0. The van der Waals surface area contributed by atoms with Crippen LogP contribution in [0.15, 0.2) is 23.1 Å². The molecule has 14 heavy (non-hydrogen) atoms. The first-order valence-corrected chi connectivity index (χ1v) is 4.62. The quantitative estimate of drug-likeness (QED) is 0.669. The summed E-state index contributed by atoms with van der Waals surface area (Å²) in [6.07, 6.45) is 1.29. The molecule has 0 amide bonds. The summed E-state index contributed by atoms with van der Waals surface area (Å²) in [5.41, 5.74) is 1.05. The number of rotatable bonds is 1. The number of aromatic nitrogens is 3. The van der Waals surface area contributed by atoms with E-state index in [1.165, 1.54) is 10.8 Å². The van der Waals surface area contributed by atoms with E-state index in [9.17, 15) is 4.79 Å². The molecule has 0 fully saturated rings. The Morgan fingerprint density at radius 2 is 2.29 bits per heavy atom. The van der Waals surface area contributed by atoms with Gasteiger partial charge in [-0.2, -0.15) is 0 Å². The smallest absolute Gasteiger partial charge is 0.270 e. The minimum atomic E-state index is -0.158. The average Bonchev–Trinajstić information content (AvgIpc) is 2.17. The zero-order valence-corrected chi connectivity index (χ0v) is 8.32. The fraction of sp³-hybridized carbons (Fsp3) is 0.222. The molecule has 2 aromatic rings. The monoisotopic (exact) mass is 209 g/mol. The van der Waals surface area contributed by atoms with Gasteiger partial charge in [-0.1, -0.05) is 11.6 Å². The second kappa shape index (κ2) is 3.38. The van der Waals surface area contributed by atoms with Crippen LogP contribution in [0.25, 0.3) is 11.2 Å². The van der Waals surface area contributed by atoms with Crippen molar-refractivity contribution in [3.63, 3.8) is 0 Å². The topological polar surface area (TPSA) is 47.8 Å². The van der Waals surface area contributed by atoms with Crippen molar-refractivity contribution in [2.45, 2.75) is 13.5 Å². The molecule has 0 aliphatic rings. The first-order valence-electron chi connectivity index (χ1n) is 4.24. The Morgan fingerprint density at radius 1 is 1.50 bits per heavy atom. The fourth-order valence-electron chi connectivity index (χ4n) is 1.32. The van der Waals surface area contributed by atoms with E-state index in [2.05, 4.69) is 9.97 Å². The summed E-state index contributed by atoms with van der Waals surface area (Å²) >= 11 is 5.75. The minimum Gasteiger partial charge on any atom is -0.290 e. The maximum Gasteiger partial charge on any atom is 0.270 e. The van der Waals surface area contributed by atoms with Gasteiger partial charge in [-0.25, -0.2) is 9.97 Å². The lowest BCUT2D eigenvalue weighted by Gasteiger charge is -2.04. The Morgan fingerprint density at radius 3 is 3.00 bits per heavy atom. The van der Waals surface area contributed by atoms with Gasteiger partial charge in [0.25, 0.3) is 5.56 Å². The molecule has 2 heterocycles. The summed E-state index contributed by atoms with van der Waals surface area (Å²) in [4.78, 5) is 19.4. The summed E-state index contributed by atoms with van der Waals surface area (Å²) < 4.78 is 1.54. The van der Waals surface area contributed by atoms with Crippen LogP contribution >= 0.6 is 11.6 Å². The lowest BCUT2D eigenvalue weighted by atomic mass is 10.4. The first-order chi connectivity index (χ1) is 6.72. The van der Waals surface area contributed by atoms with E-state index in [1.807, 2.05) is 6.92 Å². The molecule has 2 rings (SSSR count). The minimum absolute atomic E-state index is 0.158. The Labute approximate surface area is 85.2 Å². The third-order valence-electron chi connectivity index (χ3n) is 1.97. The summed E-state index contributed by atoms with van der Waals surface area (Å²) in [6, 6.07) is 3.40. The van der Waals surface area contributed by atoms with Crippen molar-refractivity contribution in [1.82, 2.24) is 14.5 Å². The van der Waals surface area contributed by atoms with E-state index in [0.29, 0.717) is 22.9 Å². The normalized spacial score (nSPS) is 10.7. The molecule has 0 bridgehead atoms. The third kappa shape index (κ3) is 1.37. The highest BCUT2D eigenvalue weighted by Crippen LogP contribution is 2.11. The van der Waals surface area contributed by atoms with Gasteiger partial charge in [0, 0.05) is 6.54 Å². The zero-order valence-electron chi connectivity index (χ0n) is 7.57. The van der Waals surface area contributed by atoms with Gasteiger partial charge >= 0.3 is 0 Å². The highest BCUT2D eigenvalue weighted by molar-refractivity contribution is 6.29. The number of pyridine rings is 1. The molecule has 4 nitrogen and oxygen atoms in total. The van der Waals surface area contributed by atoms with E-state index in [0.717, 1.165) is 0 Å². The van der Waals surface area contributed by atoms with Gasteiger partial charge in [0.15, 0.2) is 5.65 Å². The molecule has 0 aromatic carbocycles. The van der Waals surface area contributed by atoms with E-state index in [-0.39, 0.29) is 5.56 Å². The lowest BCUT2D eigenvalue weighted by Crippen LogP contribution is -2.20. The van der Waals surface area contributed by atoms with Crippen LogP contribution in [0.5, 0.6) is 0 Å². The fourth-order valence-corrected chi connectivity index (χ4v) is 1.46. The SMILES string of the molecule is CCn1c(=O)cnc2ccc(Cl)nc21. The highest BCUT2D eigenvalue weighted by Gasteiger charge is 2.03. The van der Waals surface area contributed by atoms with Crippen molar-refractivity contribution in [3.8, 4) is 0 Å². The van der Waals surface area contributed by atoms with Crippen molar-refractivity contribution in [2.75, 3.05) is 0 Å². The number of nitrogens with zero attached hydrogens (tertiary/aromatic N) is 3. The standard InChI is InChI=1S/C9H8ClN3O/c1-2-13-8(14)5-11-6-3-4-7(10)12-9(6)13/h3-5H,2H2,1H3. The molecule has 0 N–H and O–H groups in total. The van der Waals surface area contributed by atoms with E-state index >= 15 is 0 Å². The van der Waals surface area contributed by atoms with Crippen LogP contribution in [0, 0.1) is 0 Å². The molecular formula is C9H8ClN3O. The summed E-state index contributed by atoms with van der Waals surface area (Å²) in [6.45, 7) is 2.44. The van der Waals surface area contributed by atoms with Crippen molar-refractivity contribution < 1.29 is 0 Å². The maximum absolute atomic E-state index is 11.4. The molecule has 0 spiro atoms. The van der Waals surface area contributed by atoms with Crippen LogP contribution in [0.3, 0.4) is 0 Å². The molecule has 2 aromatic heterocycles. The Bertz CT molecular complexity index is 535. The Kier molecular flexibility index (Phi) is 2.21. The molecule has 0 aliphatic carbocycles. The van der Waals surface area contributed by atoms with Crippen LogP contribution in [-0.2, 0) is 6.54 Å². The zero-order chi connectivity index (χ0) is 10.1. The van der Waals surface area contributed by atoms with Crippen molar-refractivity contribution >= 4 is 22.8 Å². The number of fused-ring (bicyclic) bond motifs is 1. The molecule has 5 heteroatoms. The van der Waals surface area contributed by atoms with Gasteiger partial charge in [0.05, 0.1) is 6.20 Å². The van der Waals surface area contributed by atoms with Gasteiger partial charge in [-0.3, -0.25) is 9.36 Å². The maximum atomic E-state index is 11.4. The van der Waals surface area contributed by atoms with Gasteiger partial charge in [0.2, 0.25) is 0 Å². The molecule has 0 saturated heterocycles.